The summed E-state index contributed by atoms with van der Waals surface area (Å²) >= 11 is 0. The Hall–Kier alpha value is -4.51. The van der Waals surface area contributed by atoms with Crippen LogP contribution in [0.15, 0.2) is 78.9 Å². The van der Waals surface area contributed by atoms with Crippen LogP contribution in [-0.2, 0) is 0 Å². The molecule has 0 amide bonds. The van der Waals surface area contributed by atoms with Gasteiger partial charge in [-0.15, -0.1) is 0 Å². The van der Waals surface area contributed by atoms with Gasteiger partial charge in [0.05, 0.1) is 22.5 Å². The van der Waals surface area contributed by atoms with Crippen LogP contribution in [0.3, 0.4) is 0 Å². The van der Waals surface area contributed by atoms with Crippen molar-refractivity contribution in [3.8, 4) is 22.4 Å². The number of aromatic carboxylic acids is 1. The van der Waals surface area contributed by atoms with E-state index in [4.69, 9.17) is 4.98 Å². The number of aromatic nitrogens is 1. The molecule has 0 radical (unpaired) electrons. The molecule has 5 heteroatoms. The fourth-order valence-corrected chi connectivity index (χ4v) is 4.33. The Bertz CT molecular complexity index is 1450. The lowest BCUT2D eigenvalue weighted by molar-refractivity contribution is 0.0697. The zero-order valence-corrected chi connectivity index (χ0v) is 18.8. The number of pyridine rings is 1. The van der Waals surface area contributed by atoms with Crippen LogP contribution in [0, 0.1) is 0 Å². The number of hydrogen-bond acceptors (Lipinski definition) is 4. The van der Waals surface area contributed by atoms with Crippen molar-refractivity contribution >= 4 is 29.6 Å². The third kappa shape index (κ3) is 3.57. The molecule has 0 fully saturated rings. The molecule has 166 valence electrons. The largest absolute Gasteiger partial charge is 0.478 e. The van der Waals surface area contributed by atoms with Crippen LogP contribution in [0.1, 0.15) is 37.5 Å². The minimum atomic E-state index is -1.12. The van der Waals surface area contributed by atoms with Gasteiger partial charge in [0.25, 0.3) is 0 Å². The van der Waals surface area contributed by atoms with Gasteiger partial charge in [-0.2, -0.15) is 0 Å². The smallest absolute Gasteiger partial charge is 0.338 e. The number of rotatable bonds is 5. The molecule has 34 heavy (non-hydrogen) atoms. The molecule has 1 heterocycles. The number of carbonyl (C=O) groups excluding carboxylic acids is 1. The average Bonchev–Trinajstić information content (AvgIpc) is 3.14. The molecule has 0 aliphatic heterocycles. The lowest BCUT2D eigenvalue weighted by Crippen LogP contribution is -2.10. The van der Waals surface area contributed by atoms with Gasteiger partial charge >= 0.3 is 5.97 Å². The number of ketones is 1. The van der Waals surface area contributed by atoms with Gasteiger partial charge in [-0.1, -0.05) is 72.8 Å². The summed E-state index contributed by atoms with van der Waals surface area (Å²) in [5, 5.41) is 10.2. The number of carboxylic acids is 1. The van der Waals surface area contributed by atoms with Crippen LogP contribution < -0.4 is 4.90 Å². The van der Waals surface area contributed by atoms with Crippen LogP contribution >= 0.6 is 0 Å². The molecule has 5 rings (SSSR count). The van der Waals surface area contributed by atoms with E-state index < -0.39 is 5.97 Å². The van der Waals surface area contributed by atoms with E-state index in [1.54, 1.807) is 18.2 Å². The van der Waals surface area contributed by atoms with E-state index in [0.29, 0.717) is 33.6 Å². The van der Waals surface area contributed by atoms with Crippen molar-refractivity contribution in [2.75, 3.05) is 19.0 Å². The highest BCUT2D eigenvalue weighted by molar-refractivity contribution is 6.25. The molecular weight excluding hydrogens is 424 g/mol. The normalized spacial score (nSPS) is 12.0. The molecule has 1 aliphatic rings. The maximum Gasteiger partial charge on any atom is 0.338 e. The summed E-state index contributed by atoms with van der Waals surface area (Å²) in [5.74, 6) is -1.32. The predicted octanol–water partition coefficient (Wildman–Crippen LogP) is 5.89. The Morgan fingerprint density at radius 2 is 1.47 bits per heavy atom. The monoisotopic (exact) mass is 446 g/mol. The lowest BCUT2D eigenvalue weighted by Gasteiger charge is -2.14. The summed E-state index contributed by atoms with van der Waals surface area (Å²) in [5.41, 5.74) is 5.53. The van der Waals surface area contributed by atoms with E-state index in [1.165, 1.54) is 0 Å². The van der Waals surface area contributed by atoms with Crippen LogP contribution in [0.2, 0.25) is 0 Å². The average molecular weight is 447 g/mol. The summed E-state index contributed by atoms with van der Waals surface area (Å²) in [4.78, 5) is 32.6. The van der Waals surface area contributed by atoms with Crippen molar-refractivity contribution in [2.24, 2.45) is 0 Å². The molecule has 1 aromatic heterocycles. The molecule has 1 aliphatic carbocycles. The van der Waals surface area contributed by atoms with Crippen molar-refractivity contribution in [3.05, 3.63) is 107 Å². The van der Waals surface area contributed by atoms with Crippen molar-refractivity contribution in [2.45, 2.75) is 0 Å². The number of benzene rings is 3. The minimum absolute atomic E-state index is 0.0206. The molecule has 0 saturated heterocycles. The maximum atomic E-state index is 13.4. The highest BCUT2D eigenvalue weighted by Gasteiger charge is 2.35. The molecule has 5 nitrogen and oxygen atoms in total. The third-order valence-electron chi connectivity index (χ3n) is 6.00. The van der Waals surface area contributed by atoms with Crippen LogP contribution in [0.5, 0.6) is 0 Å². The van der Waals surface area contributed by atoms with Crippen molar-refractivity contribution in [1.82, 2.24) is 4.98 Å². The molecular formula is C29H22N2O3. The van der Waals surface area contributed by atoms with E-state index >= 15 is 0 Å². The van der Waals surface area contributed by atoms with Crippen molar-refractivity contribution < 1.29 is 14.7 Å². The molecule has 3 aromatic carbocycles. The number of carboxylic acid groups (broad SMARTS) is 1. The second-order valence-electron chi connectivity index (χ2n) is 8.34. The van der Waals surface area contributed by atoms with Crippen molar-refractivity contribution in [3.63, 3.8) is 0 Å². The number of hydrogen-bond donors (Lipinski definition) is 1. The summed E-state index contributed by atoms with van der Waals surface area (Å²) in [6.45, 7) is 0. The highest BCUT2D eigenvalue weighted by Crippen LogP contribution is 2.43. The predicted molar refractivity (Wildman–Crippen MR) is 135 cm³/mol. The Labute approximate surface area is 197 Å². The first kappa shape index (κ1) is 21.3. The third-order valence-corrected chi connectivity index (χ3v) is 6.00. The van der Waals surface area contributed by atoms with E-state index in [1.807, 2.05) is 91.8 Å². The summed E-state index contributed by atoms with van der Waals surface area (Å²) in [6, 6.07) is 24.4. The Morgan fingerprint density at radius 1 is 0.824 bits per heavy atom. The molecule has 1 N–H and O–H groups in total. The van der Waals surface area contributed by atoms with Gasteiger partial charge in [0.15, 0.2) is 5.78 Å². The number of carbonyl (C=O) groups is 2. The SMILES string of the molecule is CN(C)c1ccc(/C=C\c2nc3c(c(-c4ccccc4)c2C(=O)O)C(=O)c2ccccc2-3)cc1. The van der Waals surface area contributed by atoms with Crippen LogP contribution in [0.4, 0.5) is 5.69 Å². The maximum absolute atomic E-state index is 13.4. The zero-order chi connectivity index (χ0) is 23.8. The summed E-state index contributed by atoms with van der Waals surface area (Å²) < 4.78 is 0. The van der Waals surface area contributed by atoms with Gasteiger partial charge in [-0.25, -0.2) is 9.78 Å². The molecule has 0 saturated carbocycles. The molecule has 0 bridgehead atoms. The van der Waals surface area contributed by atoms with E-state index in [-0.39, 0.29) is 11.3 Å². The number of nitrogens with zero attached hydrogens (tertiary/aromatic N) is 2. The number of fused-ring (bicyclic) bond motifs is 3. The fraction of sp³-hybridized carbons (Fsp3) is 0.0690. The van der Waals surface area contributed by atoms with Crippen molar-refractivity contribution in [1.29, 1.82) is 0 Å². The standard InChI is InChI=1S/C29H22N2O3/c1-31(2)20-15-12-18(13-16-20)14-17-23-25(29(33)34)24(19-8-4-3-5-9-19)26-27(30-23)21-10-6-7-11-22(21)28(26)32/h3-17H,1-2H3,(H,33,34)/b17-14-. The first-order valence-electron chi connectivity index (χ1n) is 10.9. The Kier molecular flexibility index (Phi) is 5.30. The highest BCUT2D eigenvalue weighted by atomic mass is 16.4. The fourth-order valence-electron chi connectivity index (χ4n) is 4.33. The van der Waals surface area contributed by atoms with E-state index in [2.05, 4.69) is 0 Å². The summed E-state index contributed by atoms with van der Waals surface area (Å²) in [6.07, 6.45) is 3.56. The number of anilines is 1. The summed E-state index contributed by atoms with van der Waals surface area (Å²) in [7, 11) is 3.95. The van der Waals surface area contributed by atoms with E-state index in [0.717, 1.165) is 16.8 Å². The van der Waals surface area contributed by atoms with Gasteiger partial charge in [-0.3, -0.25) is 4.79 Å². The Balaban J connectivity index is 1.75. The van der Waals surface area contributed by atoms with Gasteiger partial charge < -0.3 is 10.0 Å². The second-order valence-corrected chi connectivity index (χ2v) is 8.34. The molecule has 4 aromatic rings. The van der Waals surface area contributed by atoms with Gasteiger partial charge in [0.2, 0.25) is 0 Å². The minimum Gasteiger partial charge on any atom is -0.478 e. The van der Waals surface area contributed by atoms with E-state index in [9.17, 15) is 14.7 Å². The quantitative estimate of drug-likeness (QED) is 0.364. The zero-order valence-electron chi connectivity index (χ0n) is 18.8. The molecule has 0 unspecified atom stereocenters. The lowest BCUT2D eigenvalue weighted by atomic mass is 9.91. The topological polar surface area (TPSA) is 70.5 Å². The second kappa shape index (κ2) is 8.45. The van der Waals surface area contributed by atoms with Gasteiger partial charge in [-0.05, 0) is 29.3 Å². The van der Waals surface area contributed by atoms with Crippen LogP contribution in [-0.4, -0.2) is 35.9 Å². The van der Waals surface area contributed by atoms with Gasteiger partial charge in [0, 0.05) is 36.5 Å². The first-order chi connectivity index (χ1) is 16.5. The first-order valence-corrected chi connectivity index (χ1v) is 10.9. The Morgan fingerprint density at radius 3 is 2.12 bits per heavy atom. The molecule has 0 atom stereocenters. The molecule has 0 spiro atoms. The van der Waals surface area contributed by atoms with Crippen LogP contribution in [0.25, 0.3) is 34.5 Å². The van der Waals surface area contributed by atoms with Gasteiger partial charge in [0.1, 0.15) is 0 Å².